The van der Waals surface area contributed by atoms with Crippen LogP contribution < -0.4 is 0 Å². The molecule has 0 aromatic rings. The molecule has 0 aromatic heterocycles. The van der Waals surface area contributed by atoms with E-state index in [1.54, 1.807) is 0 Å². The molecule has 0 aromatic carbocycles. The zero-order valence-corrected chi connectivity index (χ0v) is 12.0. The monoisotopic (exact) mass is 324 g/mol. The van der Waals surface area contributed by atoms with E-state index in [2.05, 4.69) is 0 Å². The topological polar surface area (TPSA) is 221 Å². The Morgan fingerprint density at radius 3 is 0.667 bits per heavy atom. The number of nitrogens with one attached hydrogen (secondary N) is 6. The Morgan fingerprint density at radius 1 is 0.611 bits per heavy atom. The molecule has 0 saturated carbocycles. The van der Waals surface area contributed by atoms with Gasteiger partial charge in [-0.1, -0.05) is 0 Å². The molecule has 0 rings (SSSR count). The smallest absolute Gasteiger partial charge is 0.679 e. The first kappa shape index (κ1) is 31.0. The second kappa shape index (κ2) is 30.4. The van der Waals surface area contributed by atoms with Gasteiger partial charge in [0.25, 0.3) is 0 Å². The van der Waals surface area contributed by atoms with Gasteiger partial charge in [0.2, 0.25) is 0 Å². The van der Waals surface area contributed by atoms with Crippen LogP contribution in [0.2, 0.25) is 0 Å². The van der Waals surface area contributed by atoms with Crippen molar-refractivity contribution in [2.24, 2.45) is 0 Å². The van der Waals surface area contributed by atoms with Gasteiger partial charge in [0, 0.05) is 0 Å². The zero-order chi connectivity index (χ0) is 14.7. The third-order valence-electron chi connectivity index (χ3n) is 0.375. The molecule has 0 heterocycles. The van der Waals surface area contributed by atoms with Crippen LogP contribution >= 0.6 is 7.82 Å². The van der Waals surface area contributed by atoms with Crippen LogP contribution in [0.15, 0.2) is 0 Å². The number of rotatable bonds is 3. The van der Waals surface area contributed by atoms with Crippen molar-refractivity contribution in [3.8, 4) is 0 Å². The van der Waals surface area contributed by atoms with Crippen molar-refractivity contribution in [2.75, 3.05) is 39.3 Å². The summed E-state index contributed by atoms with van der Waals surface area (Å²) in [5.41, 5.74) is 37.6. The van der Waals surface area contributed by atoms with Crippen LogP contribution in [-0.4, -0.2) is 53.9 Å². The van der Waals surface area contributed by atoms with Gasteiger partial charge < -0.3 is 49.1 Å². The van der Waals surface area contributed by atoms with E-state index in [4.69, 9.17) is 53.6 Å². The summed E-state index contributed by atoms with van der Waals surface area (Å²) in [4.78, 5) is 21.6. The molecular weight excluding hydrogens is 303 g/mol. The van der Waals surface area contributed by atoms with E-state index in [0.717, 1.165) is 0 Å². The predicted octanol–water partition coefficient (Wildman–Crippen LogP) is 2.34. The first-order chi connectivity index (χ1) is 7.74. The maximum Gasteiger partial charge on any atom is 3.00 e. The van der Waals surface area contributed by atoms with E-state index in [-0.39, 0.29) is 56.6 Å². The van der Waals surface area contributed by atoms with Crippen LogP contribution in [0.1, 0.15) is 0 Å². The Hall–Kier alpha value is 0.402. The third kappa shape index (κ3) is 336. The fraction of sp³-hybridized carbons (Fsp3) is 1.00. The SMILES string of the molecule is O=P(O)(O)O.[Cr+3].[NH-]CC[NH-].[NH-]CC[NH-].[NH-]CC[NH-]. The Bertz CT molecular complexity index is 128. The quantitative estimate of drug-likeness (QED) is 0.664. The summed E-state index contributed by atoms with van der Waals surface area (Å²) in [6.07, 6.45) is 0. The second-order valence-electron chi connectivity index (χ2n) is 2.01. The van der Waals surface area contributed by atoms with Gasteiger partial charge in [-0.3, -0.25) is 0 Å². The summed E-state index contributed by atoms with van der Waals surface area (Å²) in [5.74, 6) is 0. The van der Waals surface area contributed by atoms with Gasteiger partial charge in [0.1, 0.15) is 0 Å². The molecule has 113 valence electrons. The standard InChI is InChI=1S/3C2H6N2.Cr.H3O4P/c3*3-1-2-4;;1-5(2,3)4/h3*3-4H,1-2H2;;(H3,1,2,3,4)/q3*-2;+3;. The maximum atomic E-state index is 8.88. The molecule has 1 radical (unpaired) electrons. The maximum absolute atomic E-state index is 8.88. The average molecular weight is 324 g/mol. The zero-order valence-electron chi connectivity index (χ0n) is 9.85. The average Bonchev–Trinajstić information content (AvgIpc) is 2.27. The predicted molar refractivity (Wildman–Crippen MR) is 69.4 cm³/mol. The van der Waals surface area contributed by atoms with Crippen molar-refractivity contribution in [1.29, 1.82) is 0 Å². The van der Waals surface area contributed by atoms with Crippen molar-refractivity contribution < 1.29 is 36.6 Å². The molecule has 0 aliphatic heterocycles. The van der Waals surface area contributed by atoms with E-state index in [9.17, 15) is 0 Å². The largest absolute Gasteiger partial charge is 3.00 e. The Morgan fingerprint density at radius 2 is 0.667 bits per heavy atom. The van der Waals surface area contributed by atoms with Crippen molar-refractivity contribution in [3.05, 3.63) is 34.4 Å². The van der Waals surface area contributed by atoms with Gasteiger partial charge in [-0.15, -0.1) is 0 Å². The van der Waals surface area contributed by atoms with Crippen molar-refractivity contribution in [3.63, 3.8) is 0 Å². The first-order valence-corrected chi connectivity index (χ1v) is 5.97. The van der Waals surface area contributed by atoms with E-state index in [1.165, 1.54) is 0 Å². The van der Waals surface area contributed by atoms with Crippen molar-refractivity contribution >= 4 is 7.82 Å². The minimum absolute atomic E-state index is 0. The van der Waals surface area contributed by atoms with Crippen molar-refractivity contribution in [1.82, 2.24) is 0 Å². The molecule has 0 atom stereocenters. The van der Waals surface area contributed by atoms with E-state index >= 15 is 0 Å². The molecular formula is C6H21CrN6O4P-3. The minimum Gasteiger partial charge on any atom is -0.679 e. The molecule has 12 heteroatoms. The summed E-state index contributed by atoms with van der Waals surface area (Å²) >= 11 is 0. The third-order valence-corrected chi connectivity index (χ3v) is 0.375. The Labute approximate surface area is 118 Å². The second-order valence-corrected chi connectivity index (χ2v) is 3.04. The Balaban J connectivity index is -0.0000000412. The molecule has 0 bridgehead atoms. The molecule has 0 fully saturated rings. The first-order valence-electron chi connectivity index (χ1n) is 4.40. The fourth-order valence-corrected chi connectivity index (χ4v) is 0. The van der Waals surface area contributed by atoms with Crippen LogP contribution in [0.5, 0.6) is 0 Å². The van der Waals surface area contributed by atoms with Crippen LogP contribution in [0, 0.1) is 0 Å². The van der Waals surface area contributed by atoms with Crippen LogP contribution in [0.4, 0.5) is 0 Å². The van der Waals surface area contributed by atoms with E-state index in [0.29, 0.717) is 0 Å². The van der Waals surface area contributed by atoms with Gasteiger partial charge in [-0.2, -0.15) is 39.3 Å². The molecule has 18 heavy (non-hydrogen) atoms. The van der Waals surface area contributed by atoms with Gasteiger partial charge in [0.05, 0.1) is 0 Å². The van der Waals surface area contributed by atoms with Gasteiger partial charge >= 0.3 is 25.2 Å². The molecule has 0 aliphatic carbocycles. The normalized spacial score (nSPS) is 8.28. The van der Waals surface area contributed by atoms with Crippen LogP contribution in [0.25, 0.3) is 34.4 Å². The molecule has 0 aliphatic rings. The summed E-state index contributed by atoms with van der Waals surface area (Å²) < 4.78 is 8.88. The van der Waals surface area contributed by atoms with E-state index in [1.807, 2.05) is 0 Å². The molecule has 0 spiro atoms. The fourth-order valence-electron chi connectivity index (χ4n) is 0. The molecule has 9 N–H and O–H groups in total. The summed E-state index contributed by atoms with van der Waals surface area (Å²) in [6, 6.07) is 0. The number of hydrogen-bond donors (Lipinski definition) is 3. The van der Waals surface area contributed by atoms with Crippen LogP contribution in [-0.2, 0) is 21.9 Å². The van der Waals surface area contributed by atoms with Gasteiger partial charge in [0.15, 0.2) is 0 Å². The van der Waals surface area contributed by atoms with Gasteiger partial charge in [-0.25, -0.2) is 4.57 Å². The molecule has 0 unspecified atom stereocenters. The molecule has 10 nitrogen and oxygen atoms in total. The summed E-state index contributed by atoms with van der Waals surface area (Å²) in [7, 11) is -4.64. The number of hydrogen-bond acceptors (Lipinski definition) is 1. The molecule has 0 saturated heterocycles. The summed E-state index contributed by atoms with van der Waals surface area (Å²) in [5, 5.41) is 0. The summed E-state index contributed by atoms with van der Waals surface area (Å²) in [6.45, 7) is 1.42. The van der Waals surface area contributed by atoms with Crippen molar-refractivity contribution in [2.45, 2.75) is 0 Å². The molecule has 0 amide bonds. The number of phosphoric acid groups is 1. The Kier molecular flexibility index (Phi) is 52.5. The minimum atomic E-state index is -4.64. The van der Waals surface area contributed by atoms with Gasteiger partial charge in [-0.05, 0) is 0 Å². The van der Waals surface area contributed by atoms with E-state index < -0.39 is 7.82 Å². The van der Waals surface area contributed by atoms with Crippen LogP contribution in [0.3, 0.4) is 0 Å².